The lowest BCUT2D eigenvalue weighted by molar-refractivity contribution is 0.537. The Hall–Kier alpha value is -1.01. The van der Waals surface area contributed by atoms with Gasteiger partial charge in [0, 0.05) is 18.7 Å². The maximum Gasteiger partial charge on any atom is 0.151 e. The van der Waals surface area contributed by atoms with Gasteiger partial charge in [-0.05, 0) is 31.4 Å². The van der Waals surface area contributed by atoms with E-state index in [0.29, 0.717) is 11.6 Å². The minimum atomic E-state index is -2.90. The minimum absolute atomic E-state index is 0.0176. The zero-order chi connectivity index (χ0) is 12.6. The molecule has 0 amide bonds. The molecule has 0 bridgehead atoms. The summed E-state index contributed by atoms with van der Waals surface area (Å²) in [5, 5.41) is 3.28. The van der Waals surface area contributed by atoms with Gasteiger partial charge in [0.15, 0.2) is 9.84 Å². The minimum Gasteiger partial charge on any atom is -0.311 e. The molecule has 0 aliphatic carbocycles. The summed E-state index contributed by atoms with van der Waals surface area (Å²) in [6.07, 6.45) is 4.44. The molecule has 3 heterocycles. The Labute approximate surface area is 107 Å². The van der Waals surface area contributed by atoms with E-state index in [0.717, 1.165) is 38.0 Å². The van der Waals surface area contributed by atoms with E-state index < -0.39 is 9.84 Å². The van der Waals surface area contributed by atoms with E-state index in [1.54, 1.807) is 0 Å². The highest BCUT2D eigenvalue weighted by molar-refractivity contribution is 7.91. The van der Waals surface area contributed by atoms with Crippen LogP contribution in [0.3, 0.4) is 0 Å². The number of fused-ring (bicyclic) bond motifs is 1. The second-order valence-corrected chi connectivity index (χ2v) is 7.31. The third-order valence-electron chi connectivity index (χ3n) is 3.66. The lowest BCUT2D eigenvalue weighted by Gasteiger charge is -2.22. The van der Waals surface area contributed by atoms with Gasteiger partial charge < -0.3 is 5.32 Å². The van der Waals surface area contributed by atoms with Gasteiger partial charge in [-0.2, -0.15) is 0 Å². The molecule has 2 aliphatic rings. The number of hydrogen-bond donors (Lipinski definition) is 1. The standard InChI is InChI=1S/C12H17N3O2S/c16-18(17)5-1-2-10(8-18)12-14-6-9-3-4-13-7-11(9)15-12/h6,10,13H,1-5,7-8H2. The van der Waals surface area contributed by atoms with Gasteiger partial charge in [0.25, 0.3) is 0 Å². The Morgan fingerprint density at radius 1 is 1.39 bits per heavy atom. The highest BCUT2D eigenvalue weighted by Gasteiger charge is 2.28. The first-order chi connectivity index (χ1) is 8.64. The molecule has 0 spiro atoms. The van der Waals surface area contributed by atoms with Crippen molar-refractivity contribution in [1.29, 1.82) is 0 Å². The maximum absolute atomic E-state index is 11.7. The molecule has 5 nitrogen and oxygen atoms in total. The van der Waals surface area contributed by atoms with Crippen LogP contribution in [-0.2, 0) is 22.8 Å². The quantitative estimate of drug-likeness (QED) is 0.798. The van der Waals surface area contributed by atoms with Crippen LogP contribution in [0.4, 0.5) is 0 Å². The van der Waals surface area contributed by atoms with Crippen LogP contribution in [0.25, 0.3) is 0 Å². The number of nitrogens with zero attached hydrogens (tertiary/aromatic N) is 2. The van der Waals surface area contributed by atoms with Gasteiger partial charge in [-0.1, -0.05) is 0 Å². The van der Waals surface area contributed by atoms with E-state index in [1.807, 2.05) is 6.20 Å². The summed E-state index contributed by atoms with van der Waals surface area (Å²) in [6, 6.07) is 0. The van der Waals surface area contributed by atoms with E-state index in [2.05, 4.69) is 15.3 Å². The van der Waals surface area contributed by atoms with Crippen LogP contribution < -0.4 is 5.32 Å². The van der Waals surface area contributed by atoms with Crippen LogP contribution in [0.15, 0.2) is 6.20 Å². The number of sulfone groups is 1. The molecule has 3 rings (SSSR count). The van der Waals surface area contributed by atoms with Crippen molar-refractivity contribution in [3.8, 4) is 0 Å². The van der Waals surface area contributed by atoms with Gasteiger partial charge in [-0.3, -0.25) is 0 Å². The maximum atomic E-state index is 11.7. The Balaban J connectivity index is 1.88. The van der Waals surface area contributed by atoms with Gasteiger partial charge in [0.2, 0.25) is 0 Å². The molecule has 0 saturated carbocycles. The largest absolute Gasteiger partial charge is 0.311 e. The third kappa shape index (κ3) is 2.40. The highest BCUT2D eigenvalue weighted by Crippen LogP contribution is 2.26. The van der Waals surface area contributed by atoms with E-state index in [1.165, 1.54) is 5.56 Å². The molecule has 18 heavy (non-hydrogen) atoms. The van der Waals surface area contributed by atoms with Crippen molar-refractivity contribution in [3.05, 3.63) is 23.3 Å². The topological polar surface area (TPSA) is 72.0 Å². The van der Waals surface area contributed by atoms with Gasteiger partial charge in [0.05, 0.1) is 17.2 Å². The number of nitrogens with one attached hydrogen (secondary N) is 1. The monoisotopic (exact) mass is 267 g/mol. The molecule has 1 aromatic rings. The van der Waals surface area contributed by atoms with Crippen LogP contribution in [-0.4, -0.2) is 36.4 Å². The van der Waals surface area contributed by atoms with E-state index >= 15 is 0 Å². The Morgan fingerprint density at radius 2 is 2.28 bits per heavy atom. The molecule has 1 saturated heterocycles. The fourth-order valence-corrected chi connectivity index (χ4v) is 4.37. The van der Waals surface area contributed by atoms with Crippen molar-refractivity contribution >= 4 is 9.84 Å². The van der Waals surface area contributed by atoms with E-state index in [-0.39, 0.29) is 11.7 Å². The lowest BCUT2D eigenvalue weighted by Crippen LogP contribution is -2.28. The normalized spacial score (nSPS) is 26.6. The SMILES string of the molecule is O=S1(=O)CCCC(c2ncc3c(n2)CNCC3)C1. The van der Waals surface area contributed by atoms with Gasteiger partial charge >= 0.3 is 0 Å². The van der Waals surface area contributed by atoms with Crippen molar-refractivity contribution in [2.24, 2.45) is 0 Å². The second-order valence-electron chi connectivity index (χ2n) is 5.08. The van der Waals surface area contributed by atoms with Crippen LogP contribution in [0.2, 0.25) is 0 Å². The molecule has 1 unspecified atom stereocenters. The summed E-state index contributed by atoms with van der Waals surface area (Å²) in [5.41, 5.74) is 2.23. The van der Waals surface area contributed by atoms with Crippen molar-refractivity contribution in [1.82, 2.24) is 15.3 Å². The van der Waals surface area contributed by atoms with E-state index in [9.17, 15) is 8.42 Å². The number of hydrogen-bond acceptors (Lipinski definition) is 5. The van der Waals surface area contributed by atoms with E-state index in [4.69, 9.17) is 0 Å². The second kappa shape index (κ2) is 4.59. The number of rotatable bonds is 1. The van der Waals surface area contributed by atoms with Crippen molar-refractivity contribution < 1.29 is 8.42 Å². The molecule has 1 atom stereocenters. The smallest absolute Gasteiger partial charge is 0.151 e. The molecule has 98 valence electrons. The summed E-state index contributed by atoms with van der Waals surface area (Å²) in [6.45, 7) is 1.73. The van der Waals surface area contributed by atoms with Crippen LogP contribution in [0, 0.1) is 0 Å². The molecule has 0 aromatic carbocycles. The first-order valence-corrected chi connectivity index (χ1v) is 8.22. The molecule has 0 radical (unpaired) electrons. The summed E-state index contributed by atoms with van der Waals surface area (Å²) in [5.74, 6) is 1.21. The number of aromatic nitrogens is 2. The molecule has 1 N–H and O–H groups in total. The van der Waals surface area contributed by atoms with Crippen molar-refractivity contribution in [3.63, 3.8) is 0 Å². The highest BCUT2D eigenvalue weighted by atomic mass is 32.2. The summed E-state index contributed by atoms with van der Waals surface area (Å²) >= 11 is 0. The average molecular weight is 267 g/mol. The molecule has 1 fully saturated rings. The fraction of sp³-hybridized carbons (Fsp3) is 0.667. The van der Waals surface area contributed by atoms with Gasteiger partial charge in [-0.15, -0.1) is 0 Å². The predicted molar refractivity (Wildman–Crippen MR) is 68.1 cm³/mol. The lowest BCUT2D eigenvalue weighted by atomic mass is 10.0. The van der Waals surface area contributed by atoms with Crippen molar-refractivity contribution in [2.75, 3.05) is 18.1 Å². The van der Waals surface area contributed by atoms with Crippen molar-refractivity contribution in [2.45, 2.75) is 31.7 Å². The fourth-order valence-electron chi connectivity index (χ4n) is 2.67. The Bertz CT molecular complexity index is 556. The van der Waals surface area contributed by atoms with Crippen LogP contribution >= 0.6 is 0 Å². The summed E-state index contributed by atoms with van der Waals surface area (Å²) < 4.78 is 23.3. The van der Waals surface area contributed by atoms with Crippen LogP contribution in [0.5, 0.6) is 0 Å². The first-order valence-electron chi connectivity index (χ1n) is 6.40. The molecular formula is C12H17N3O2S. The third-order valence-corrected chi connectivity index (χ3v) is 5.49. The Morgan fingerprint density at radius 3 is 3.11 bits per heavy atom. The average Bonchev–Trinajstić information content (AvgIpc) is 2.37. The summed E-state index contributed by atoms with van der Waals surface area (Å²) in [4.78, 5) is 8.94. The van der Waals surface area contributed by atoms with Gasteiger partial charge in [0.1, 0.15) is 5.82 Å². The predicted octanol–water partition coefficient (Wildman–Crippen LogP) is 0.414. The van der Waals surface area contributed by atoms with Crippen LogP contribution in [0.1, 0.15) is 35.8 Å². The first kappa shape index (κ1) is 12.0. The summed E-state index contributed by atoms with van der Waals surface area (Å²) in [7, 11) is -2.90. The molecule has 1 aromatic heterocycles. The Kier molecular flexibility index (Phi) is 3.07. The molecule has 2 aliphatic heterocycles. The zero-order valence-electron chi connectivity index (χ0n) is 10.2. The zero-order valence-corrected chi connectivity index (χ0v) is 11.0. The molecule has 6 heteroatoms. The van der Waals surface area contributed by atoms with Gasteiger partial charge in [-0.25, -0.2) is 18.4 Å². The molecular weight excluding hydrogens is 250 g/mol.